The first-order chi connectivity index (χ1) is 15.4. The van der Waals surface area contributed by atoms with Gasteiger partial charge in [0.1, 0.15) is 5.75 Å². The van der Waals surface area contributed by atoms with Crippen LogP contribution in [0.15, 0.2) is 66.7 Å². The fourth-order valence-electron chi connectivity index (χ4n) is 4.70. The fraction of sp³-hybridized carbons (Fsp3) is 0.379. The van der Waals surface area contributed by atoms with Gasteiger partial charge in [0, 0.05) is 23.8 Å². The molecule has 0 radical (unpaired) electrons. The molecule has 170 valence electrons. The number of nitrogens with zero attached hydrogens (tertiary/aromatic N) is 1. The SMILES string of the molecule is CCCC(CC)(Pc1c(C)cccc1CN(C)Cc1ccccc1)c1cc(C)ccc1O. The minimum Gasteiger partial charge on any atom is -0.508 e. The van der Waals surface area contributed by atoms with Crippen LogP contribution in [0.1, 0.15) is 60.9 Å². The molecule has 0 spiro atoms. The molecule has 0 saturated carbocycles. The number of rotatable bonds is 10. The highest BCUT2D eigenvalue weighted by atomic mass is 31.1. The van der Waals surface area contributed by atoms with Gasteiger partial charge >= 0.3 is 0 Å². The van der Waals surface area contributed by atoms with Crippen molar-refractivity contribution in [3.05, 3.63) is 94.5 Å². The summed E-state index contributed by atoms with van der Waals surface area (Å²) in [7, 11) is 2.82. The number of hydrogen-bond donors (Lipinski definition) is 1. The van der Waals surface area contributed by atoms with E-state index < -0.39 is 0 Å². The Morgan fingerprint density at radius 1 is 0.906 bits per heavy atom. The molecule has 0 bridgehead atoms. The normalized spacial score (nSPS) is 13.7. The number of phenolic OH excluding ortho intramolecular Hbond substituents is 1. The minimum atomic E-state index is -0.0380. The Morgan fingerprint density at radius 3 is 2.34 bits per heavy atom. The van der Waals surface area contributed by atoms with Crippen molar-refractivity contribution in [3.63, 3.8) is 0 Å². The third-order valence-electron chi connectivity index (χ3n) is 6.41. The summed E-state index contributed by atoms with van der Waals surface area (Å²) < 4.78 is 0. The molecule has 3 rings (SSSR count). The molecular formula is C29H38NOP. The molecule has 0 aliphatic carbocycles. The van der Waals surface area contributed by atoms with E-state index in [4.69, 9.17) is 0 Å². The van der Waals surface area contributed by atoms with Gasteiger partial charge < -0.3 is 5.11 Å². The summed E-state index contributed by atoms with van der Waals surface area (Å²) in [6.07, 6.45) is 3.19. The van der Waals surface area contributed by atoms with Crippen LogP contribution in [0.25, 0.3) is 0 Å². The van der Waals surface area contributed by atoms with E-state index in [9.17, 15) is 5.11 Å². The second kappa shape index (κ2) is 11.1. The van der Waals surface area contributed by atoms with E-state index in [1.54, 1.807) is 0 Å². The second-order valence-electron chi connectivity index (χ2n) is 9.10. The van der Waals surface area contributed by atoms with Gasteiger partial charge in [-0.1, -0.05) is 95.1 Å². The molecule has 2 nitrogen and oxygen atoms in total. The van der Waals surface area contributed by atoms with Crippen molar-refractivity contribution in [1.29, 1.82) is 0 Å². The summed E-state index contributed by atoms with van der Waals surface area (Å²) in [5.74, 6) is 0.440. The summed E-state index contributed by atoms with van der Waals surface area (Å²) in [6.45, 7) is 10.8. The highest BCUT2D eigenvalue weighted by molar-refractivity contribution is 7.48. The molecule has 3 aromatic carbocycles. The van der Waals surface area contributed by atoms with Crippen molar-refractivity contribution in [3.8, 4) is 5.75 Å². The van der Waals surface area contributed by atoms with E-state index in [-0.39, 0.29) is 5.16 Å². The fourth-order valence-corrected chi connectivity index (χ4v) is 6.67. The minimum absolute atomic E-state index is 0.0380. The monoisotopic (exact) mass is 447 g/mol. The van der Waals surface area contributed by atoms with E-state index in [1.807, 2.05) is 12.1 Å². The molecule has 0 aromatic heterocycles. The summed E-state index contributed by atoms with van der Waals surface area (Å²) in [4.78, 5) is 2.40. The van der Waals surface area contributed by atoms with E-state index >= 15 is 0 Å². The predicted octanol–water partition coefficient (Wildman–Crippen LogP) is 7.05. The highest BCUT2D eigenvalue weighted by Gasteiger charge is 2.33. The predicted molar refractivity (Wildman–Crippen MR) is 140 cm³/mol. The molecule has 2 unspecified atom stereocenters. The van der Waals surface area contributed by atoms with Gasteiger partial charge in [0.05, 0.1) is 0 Å². The zero-order valence-electron chi connectivity index (χ0n) is 20.3. The van der Waals surface area contributed by atoms with Gasteiger partial charge in [0.2, 0.25) is 0 Å². The molecule has 2 atom stereocenters. The van der Waals surface area contributed by atoms with Gasteiger partial charge in [-0.3, -0.25) is 4.90 Å². The summed E-state index contributed by atoms with van der Waals surface area (Å²) in [6, 6.07) is 23.5. The molecule has 0 heterocycles. The smallest absolute Gasteiger partial charge is 0.119 e. The molecule has 0 aliphatic rings. The largest absolute Gasteiger partial charge is 0.508 e. The first-order valence-electron chi connectivity index (χ1n) is 11.8. The lowest BCUT2D eigenvalue weighted by molar-refractivity contribution is 0.320. The van der Waals surface area contributed by atoms with Gasteiger partial charge in [-0.05, 0) is 61.8 Å². The Labute approximate surface area is 196 Å². The lowest BCUT2D eigenvalue weighted by Crippen LogP contribution is -2.27. The van der Waals surface area contributed by atoms with Crippen LogP contribution in [-0.2, 0) is 18.2 Å². The van der Waals surface area contributed by atoms with E-state index in [0.29, 0.717) is 14.3 Å². The van der Waals surface area contributed by atoms with Crippen LogP contribution in [0, 0.1) is 13.8 Å². The molecule has 0 fully saturated rings. The van der Waals surface area contributed by atoms with Gasteiger partial charge in [-0.15, -0.1) is 0 Å². The van der Waals surface area contributed by atoms with Crippen molar-refractivity contribution in [2.75, 3.05) is 7.05 Å². The molecule has 0 saturated heterocycles. The summed E-state index contributed by atoms with van der Waals surface area (Å²) in [5.41, 5.74) is 6.43. The molecule has 3 heteroatoms. The quantitative estimate of drug-likeness (QED) is 0.337. The van der Waals surface area contributed by atoms with E-state index in [2.05, 4.69) is 94.2 Å². The number of phenols is 1. The van der Waals surface area contributed by atoms with Crippen LogP contribution in [0.5, 0.6) is 5.75 Å². The Bertz CT molecular complexity index is 1020. The van der Waals surface area contributed by atoms with Crippen molar-refractivity contribution in [2.45, 2.75) is 65.2 Å². The van der Waals surface area contributed by atoms with Gasteiger partial charge in [-0.2, -0.15) is 0 Å². The molecule has 32 heavy (non-hydrogen) atoms. The summed E-state index contributed by atoms with van der Waals surface area (Å²) in [5, 5.41) is 12.3. The van der Waals surface area contributed by atoms with Gasteiger partial charge in [0.25, 0.3) is 0 Å². The van der Waals surface area contributed by atoms with Gasteiger partial charge in [0.15, 0.2) is 0 Å². The Hall–Kier alpha value is -2.15. The van der Waals surface area contributed by atoms with Crippen LogP contribution < -0.4 is 5.30 Å². The zero-order chi connectivity index (χ0) is 23.1. The third kappa shape index (κ3) is 5.80. The molecule has 3 aromatic rings. The average molecular weight is 448 g/mol. The van der Waals surface area contributed by atoms with Crippen LogP contribution in [0.4, 0.5) is 0 Å². The van der Waals surface area contributed by atoms with Crippen LogP contribution in [-0.4, -0.2) is 17.1 Å². The lowest BCUT2D eigenvalue weighted by Gasteiger charge is -2.36. The maximum atomic E-state index is 10.9. The van der Waals surface area contributed by atoms with Crippen LogP contribution in [0.2, 0.25) is 0 Å². The van der Waals surface area contributed by atoms with E-state index in [0.717, 1.165) is 37.9 Å². The molecule has 1 N–H and O–H groups in total. The Kier molecular flexibility index (Phi) is 8.51. The van der Waals surface area contributed by atoms with Gasteiger partial charge in [-0.25, -0.2) is 0 Å². The van der Waals surface area contributed by atoms with E-state index in [1.165, 1.54) is 27.6 Å². The number of benzene rings is 3. The number of aromatic hydroxyl groups is 1. The van der Waals surface area contributed by atoms with Crippen molar-refractivity contribution >= 4 is 13.9 Å². The summed E-state index contributed by atoms with van der Waals surface area (Å²) >= 11 is 0. The first kappa shape index (κ1) is 24.5. The lowest BCUT2D eigenvalue weighted by atomic mass is 9.89. The van der Waals surface area contributed by atoms with Crippen molar-refractivity contribution in [2.24, 2.45) is 0 Å². The number of aryl methyl sites for hydroxylation is 2. The highest BCUT2D eigenvalue weighted by Crippen LogP contribution is 2.51. The molecule has 0 aliphatic heterocycles. The number of hydrogen-bond acceptors (Lipinski definition) is 2. The maximum absolute atomic E-state index is 10.9. The Balaban J connectivity index is 1.96. The van der Waals surface area contributed by atoms with Crippen LogP contribution in [0.3, 0.4) is 0 Å². The van der Waals surface area contributed by atoms with Crippen molar-refractivity contribution < 1.29 is 5.11 Å². The maximum Gasteiger partial charge on any atom is 0.119 e. The first-order valence-corrected chi connectivity index (χ1v) is 12.8. The molecular weight excluding hydrogens is 409 g/mol. The zero-order valence-corrected chi connectivity index (χ0v) is 21.3. The molecule has 0 amide bonds. The second-order valence-corrected chi connectivity index (χ2v) is 10.8. The average Bonchev–Trinajstić information content (AvgIpc) is 2.78. The van der Waals surface area contributed by atoms with Crippen LogP contribution >= 0.6 is 8.58 Å². The third-order valence-corrected chi connectivity index (χ3v) is 8.72. The Morgan fingerprint density at radius 2 is 1.66 bits per heavy atom. The topological polar surface area (TPSA) is 23.5 Å². The van der Waals surface area contributed by atoms with Crippen molar-refractivity contribution in [1.82, 2.24) is 4.90 Å². The standard InChI is InChI=1S/C29H38NOP/c1-6-18-29(7-2,26-19-22(3)16-17-27(26)31)32-28-23(4)12-11-15-25(28)21-30(5)20-24-13-9-8-10-14-24/h8-17,19,31-32H,6-7,18,20-21H2,1-5H3.